The topological polar surface area (TPSA) is 21.6 Å². The SMILES string of the molecule is CCc1ccc(C2=CC(=CC=C3C=Nc4ccccc43)OC(c3ccc(CC)cc3)=C2)cc1. The monoisotopic (exact) mass is 429 g/mol. The number of rotatable bonds is 5. The van der Waals surface area contributed by atoms with Gasteiger partial charge in [-0.3, -0.25) is 4.99 Å². The summed E-state index contributed by atoms with van der Waals surface area (Å²) in [5.74, 6) is 1.67. The number of nitrogens with zero attached hydrogens (tertiary/aromatic N) is 1. The lowest BCUT2D eigenvalue weighted by Gasteiger charge is -2.18. The average Bonchev–Trinajstić information content (AvgIpc) is 3.30. The maximum Gasteiger partial charge on any atom is 0.135 e. The van der Waals surface area contributed by atoms with Crippen molar-refractivity contribution in [1.82, 2.24) is 0 Å². The van der Waals surface area contributed by atoms with E-state index in [0.29, 0.717) is 0 Å². The maximum atomic E-state index is 6.35. The molecule has 2 heteroatoms. The third-order valence-corrected chi connectivity index (χ3v) is 6.14. The normalized spacial score (nSPS) is 17.0. The summed E-state index contributed by atoms with van der Waals surface area (Å²) < 4.78 is 6.35. The first kappa shape index (κ1) is 21.0. The highest BCUT2D eigenvalue weighted by atomic mass is 16.5. The highest BCUT2D eigenvalue weighted by molar-refractivity contribution is 6.16. The molecule has 0 saturated carbocycles. The number of ether oxygens (including phenoxy) is 1. The molecule has 2 heterocycles. The second kappa shape index (κ2) is 9.30. The van der Waals surface area contributed by atoms with Gasteiger partial charge in [0.05, 0.1) is 5.69 Å². The molecule has 0 bridgehead atoms. The van der Waals surface area contributed by atoms with Crippen LogP contribution in [0.25, 0.3) is 16.9 Å². The third-order valence-electron chi connectivity index (χ3n) is 6.14. The fourth-order valence-corrected chi connectivity index (χ4v) is 4.09. The molecule has 2 aliphatic heterocycles. The summed E-state index contributed by atoms with van der Waals surface area (Å²) in [5, 5.41) is 0. The van der Waals surface area contributed by atoms with Crippen molar-refractivity contribution in [3.05, 3.63) is 131 Å². The zero-order chi connectivity index (χ0) is 22.6. The Kier molecular flexibility index (Phi) is 5.91. The van der Waals surface area contributed by atoms with Crippen molar-refractivity contribution in [2.45, 2.75) is 26.7 Å². The van der Waals surface area contributed by atoms with Crippen molar-refractivity contribution < 1.29 is 4.74 Å². The van der Waals surface area contributed by atoms with E-state index in [4.69, 9.17) is 4.74 Å². The van der Waals surface area contributed by atoms with Crippen LogP contribution in [0.5, 0.6) is 0 Å². The first-order valence-corrected chi connectivity index (χ1v) is 11.6. The van der Waals surface area contributed by atoms with Crippen molar-refractivity contribution in [2.24, 2.45) is 4.99 Å². The van der Waals surface area contributed by atoms with Gasteiger partial charge in [-0.15, -0.1) is 0 Å². The van der Waals surface area contributed by atoms with Crippen molar-refractivity contribution in [2.75, 3.05) is 0 Å². The molecule has 0 unspecified atom stereocenters. The maximum absolute atomic E-state index is 6.35. The average molecular weight is 430 g/mol. The van der Waals surface area contributed by atoms with Crippen LogP contribution in [0.2, 0.25) is 0 Å². The van der Waals surface area contributed by atoms with E-state index in [9.17, 15) is 0 Å². The molecule has 0 aliphatic carbocycles. The van der Waals surface area contributed by atoms with Gasteiger partial charge in [0.25, 0.3) is 0 Å². The first-order valence-electron chi connectivity index (χ1n) is 11.6. The molecule has 0 radical (unpaired) electrons. The van der Waals surface area contributed by atoms with Gasteiger partial charge < -0.3 is 4.74 Å². The minimum atomic E-state index is 0.812. The highest BCUT2D eigenvalue weighted by Gasteiger charge is 2.15. The molecule has 0 N–H and O–H groups in total. The largest absolute Gasteiger partial charge is 0.457 e. The van der Waals surface area contributed by atoms with Crippen LogP contribution < -0.4 is 0 Å². The first-order chi connectivity index (χ1) is 16.2. The smallest absolute Gasteiger partial charge is 0.135 e. The van der Waals surface area contributed by atoms with Crippen LogP contribution in [-0.2, 0) is 17.6 Å². The predicted molar refractivity (Wildman–Crippen MR) is 139 cm³/mol. The number of hydrogen-bond donors (Lipinski definition) is 0. The summed E-state index contributed by atoms with van der Waals surface area (Å²) in [5.41, 5.74) is 9.31. The Morgan fingerprint density at radius 3 is 2.09 bits per heavy atom. The van der Waals surface area contributed by atoms with Gasteiger partial charge >= 0.3 is 0 Å². The van der Waals surface area contributed by atoms with Gasteiger partial charge in [0.1, 0.15) is 11.5 Å². The van der Waals surface area contributed by atoms with Crippen LogP contribution in [0, 0.1) is 0 Å². The zero-order valence-electron chi connectivity index (χ0n) is 19.1. The summed E-state index contributed by atoms with van der Waals surface area (Å²) in [7, 11) is 0. The third kappa shape index (κ3) is 4.51. The Morgan fingerprint density at radius 2 is 1.39 bits per heavy atom. The number of aliphatic imine (C=N–C) groups is 1. The highest BCUT2D eigenvalue weighted by Crippen LogP contribution is 2.34. The van der Waals surface area contributed by atoms with Crippen LogP contribution in [-0.4, -0.2) is 6.21 Å². The van der Waals surface area contributed by atoms with Gasteiger partial charge in [-0.25, -0.2) is 0 Å². The van der Waals surface area contributed by atoms with Gasteiger partial charge in [-0.2, -0.15) is 0 Å². The lowest BCUT2D eigenvalue weighted by atomic mass is 9.98. The molecular weight excluding hydrogens is 402 g/mol. The summed E-state index contributed by atoms with van der Waals surface area (Å²) in [6, 6.07) is 25.6. The minimum absolute atomic E-state index is 0.812. The molecule has 3 aromatic carbocycles. The van der Waals surface area contributed by atoms with Gasteiger partial charge in [-0.1, -0.05) is 80.6 Å². The molecule has 0 amide bonds. The number of benzene rings is 3. The molecule has 0 saturated heterocycles. The van der Waals surface area contributed by atoms with Crippen molar-refractivity contribution in [1.29, 1.82) is 0 Å². The lowest BCUT2D eigenvalue weighted by Crippen LogP contribution is -1.99. The van der Waals surface area contributed by atoms with E-state index in [1.54, 1.807) is 0 Å². The molecule has 0 spiro atoms. The Labute approximate surface area is 196 Å². The Balaban J connectivity index is 1.52. The molecule has 3 aromatic rings. The summed E-state index contributed by atoms with van der Waals surface area (Å²) in [4.78, 5) is 4.51. The van der Waals surface area contributed by atoms with E-state index in [0.717, 1.165) is 52.3 Å². The molecule has 5 rings (SSSR count). The van der Waals surface area contributed by atoms with E-state index >= 15 is 0 Å². The number of hydrogen-bond acceptors (Lipinski definition) is 2. The van der Waals surface area contributed by atoms with Crippen LogP contribution in [0.15, 0.2) is 108 Å². The van der Waals surface area contributed by atoms with Crippen LogP contribution in [0.4, 0.5) is 5.69 Å². The van der Waals surface area contributed by atoms with E-state index in [2.05, 4.69) is 91.7 Å². The number of allylic oxidation sites excluding steroid dienone is 6. The Bertz CT molecular complexity index is 1320. The minimum Gasteiger partial charge on any atom is -0.457 e. The van der Waals surface area contributed by atoms with Crippen molar-refractivity contribution in [3.63, 3.8) is 0 Å². The quantitative estimate of drug-likeness (QED) is 0.403. The van der Waals surface area contributed by atoms with Gasteiger partial charge in [0, 0.05) is 22.9 Å². The Morgan fingerprint density at radius 1 is 0.727 bits per heavy atom. The number of fused-ring (bicyclic) bond motifs is 1. The fourth-order valence-electron chi connectivity index (χ4n) is 4.09. The molecule has 0 aromatic heterocycles. The Hall–Kier alpha value is -3.91. The molecule has 0 fully saturated rings. The molecule has 2 nitrogen and oxygen atoms in total. The van der Waals surface area contributed by atoms with Crippen molar-refractivity contribution in [3.8, 4) is 0 Å². The van der Waals surface area contributed by atoms with E-state index < -0.39 is 0 Å². The van der Waals surface area contributed by atoms with Gasteiger partial charge in [0.2, 0.25) is 0 Å². The molecule has 0 atom stereocenters. The molecule has 33 heavy (non-hydrogen) atoms. The van der Waals surface area contributed by atoms with Gasteiger partial charge in [0.15, 0.2) is 0 Å². The van der Waals surface area contributed by atoms with Gasteiger partial charge in [-0.05, 0) is 65.5 Å². The fraction of sp³-hybridized carbons (Fsp3) is 0.129. The number of aryl methyl sites for hydroxylation is 2. The summed E-state index contributed by atoms with van der Waals surface area (Å²) >= 11 is 0. The van der Waals surface area contributed by atoms with Crippen LogP contribution >= 0.6 is 0 Å². The predicted octanol–water partition coefficient (Wildman–Crippen LogP) is 7.95. The van der Waals surface area contributed by atoms with E-state index in [1.807, 2.05) is 30.5 Å². The summed E-state index contributed by atoms with van der Waals surface area (Å²) in [6.45, 7) is 4.35. The molecular formula is C31H27NO. The van der Waals surface area contributed by atoms with E-state index in [1.165, 1.54) is 16.7 Å². The van der Waals surface area contributed by atoms with Crippen LogP contribution in [0.1, 0.15) is 41.7 Å². The van der Waals surface area contributed by atoms with E-state index in [-0.39, 0.29) is 0 Å². The van der Waals surface area contributed by atoms with Crippen LogP contribution in [0.3, 0.4) is 0 Å². The molecule has 2 aliphatic rings. The second-order valence-electron chi connectivity index (χ2n) is 8.28. The molecule has 162 valence electrons. The summed E-state index contributed by atoms with van der Waals surface area (Å²) in [6.07, 6.45) is 12.4. The van der Waals surface area contributed by atoms with Crippen molar-refractivity contribution >= 4 is 28.8 Å². The zero-order valence-corrected chi connectivity index (χ0v) is 19.1. The lowest BCUT2D eigenvalue weighted by molar-refractivity contribution is 0.398. The second-order valence-corrected chi connectivity index (χ2v) is 8.28. The number of para-hydroxylation sites is 1. The standard InChI is InChI=1S/C31H27NO/c1-3-22-9-13-24(14-10-22)27-19-28(18-17-26-21-32-30-8-6-5-7-29(26)30)33-31(20-27)25-15-11-23(4-2)12-16-25/h5-21H,3-4H2,1-2H3.